The maximum Gasteiger partial charge on any atom is 0.343 e. The summed E-state index contributed by atoms with van der Waals surface area (Å²) in [7, 11) is 2.58. The van der Waals surface area contributed by atoms with Gasteiger partial charge in [0.2, 0.25) is 0 Å². The molecule has 0 saturated carbocycles. The number of hydrogen-bond donors (Lipinski definition) is 0. The molecule has 0 bridgehead atoms. The van der Waals surface area contributed by atoms with E-state index < -0.39 is 11.9 Å². The van der Waals surface area contributed by atoms with Gasteiger partial charge in [-0.15, -0.1) is 0 Å². The minimum Gasteiger partial charge on any atom is -0.465 e. The lowest BCUT2D eigenvalue weighted by molar-refractivity contribution is 0.0592. The largest absolute Gasteiger partial charge is 0.465 e. The number of carbonyl (C=O) groups is 2. The molecule has 2 aromatic rings. The van der Waals surface area contributed by atoms with Gasteiger partial charge < -0.3 is 9.47 Å². The molecule has 0 amide bonds. The van der Waals surface area contributed by atoms with Crippen LogP contribution in [0.1, 0.15) is 32.1 Å². The average molecular weight is 263 g/mol. The summed E-state index contributed by atoms with van der Waals surface area (Å²) < 4.78 is 10.8. The van der Waals surface area contributed by atoms with Crippen molar-refractivity contribution >= 4 is 17.6 Å². The standard InChI is InChI=1S/C12H13N3O4/c1-6-9(12(17)19-4)10-13-5-8(11(16)18-3)7(2)15(10)14-6/h5H,1-4H3. The van der Waals surface area contributed by atoms with Crippen LogP contribution < -0.4 is 0 Å². The van der Waals surface area contributed by atoms with E-state index in [1.807, 2.05) is 0 Å². The second-order valence-electron chi connectivity index (χ2n) is 3.94. The quantitative estimate of drug-likeness (QED) is 0.749. The molecule has 2 aromatic heterocycles. The third-order valence-electron chi connectivity index (χ3n) is 2.85. The van der Waals surface area contributed by atoms with Gasteiger partial charge in [-0.1, -0.05) is 0 Å². The highest BCUT2D eigenvalue weighted by Crippen LogP contribution is 2.18. The lowest BCUT2D eigenvalue weighted by atomic mass is 10.2. The van der Waals surface area contributed by atoms with Gasteiger partial charge in [0.05, 0.1) is 31.2 Å². The normalized spacial score (nSPS) is 10.5. The van der Waals surface area contributed by atoms with E-state index in [0.29, 0.717) is 28.2 Å². The Bertz CT molecular complexity index is 675. The van der Waals surface area contributed by atoms with Crippen LogP contribution >= 0.6 is 0 Å². The summed E-state index contributed by atoms with van der Waals surface area (Å²) in [6.07, 6.45) is 1.37. The summed E-state index contributed by atoms with van der Waals surface area (Å²) >= 11 is 0. The van der Waals surface area contributed by atoms with Gasteiger partial charge in [0.15, 0.2) is 5.65 Å². The van der Waals surface area contributed by atoms with Crippen LogP contribution in [0.15, 0.2) is 6.20 Å². The number of aromatic nitrogens is 3. The van der Waals surface area contributed by atoms with Crippen molar-refractivity contribution < 1.29 is 19.1 Å². The molecule has 0 aliphatic carbocycles. The molecule has 7 nitrogen and oxygen atoms in total. The number of nitrogens with zero attached hydrogens (tertiary/aromatic N) is 3. The van der Waals surface area contributed by atoms with E-state index >= 15 is 0 Å². The number of aryl methyl sites for hydroxylation is 2. The fraction of sp³-hybridized carbons (Fsp3) is 0.333. The van der Waals surface area contributed by atoms with Gasteiger partial charge in [0, 0.05) is 6.20 Å². The highest BCUT2D eigenvalue weighted by molar-refractivity contribution is 5.97. The number of fused-ring (bicyclic) bond motifs is 1. The lowest BCUT2D eigenvalue weighted by Gasteiger charge is -2.05. The maximum absolute atomic E-state index is 11.7. The minimum absolute atomic E-state index is 0.294. The number of rotatable bonds is 2. The van der Waals surface area contributed by atoms with Crippen LogP contribution in [-0.4, -0.2) is 40.8 Å². The molecule has 0 radical (unpaired) electrons. The van der Waals surface area contributed by atoms with Crippen molar-refractivity contribution in [3.05, 3.63) is 28.7 Å². The van der Waals surface area contributed by atoms with Crippen LogP contribution in [0.25, 0.3) is 5.65 Å². The van der Waals surface area contributed by atoms with Gasteiger partial charge >= 0.3 is 11.9 Å². The van der Waals surface area contributed by atoms with Crippen LogP contribution in [-0.2, 0) is 9.47 Å². The molecule has 19 heavy (non-hydrogen) atoms. The second kappa shape index (κ2) is 4.68. The van der Waals surface area contributed by atoms with Crippen molar-refractivity contribution in [3.63, 3.8) is 0 Å². The summed E-state index contributed by atoms with van der Waals surface area (Å²) in [5, 5.41) is 4.20. The molecule has 7 heteroatoms. The van der Waals surface area contributed by atoms with Crippen LogP contribution in [0.2, 0.25) is 0 Å². The van der Waals surface area contributed by atoms with Crippen LogP contribution in [0, 0.1) is 13.8 Å². The molecule has 2 rings (SSSR count). The molecule has 0 unspecified atom stereocenters. The highest BCUT2D eigenvalue weighted by Gasteiger charge is 2.22. The topological polar surface area (TPSA) is 82.8 Å². The van der Waals surface area contributed by atoms with Crippen molar-refractivity contribution in [2.45, 2.75) is 13.8 Å². The van der Waals surface area contributed by atoms with Crippen LogP contribution in [0.5, 0.6) is 0 Å². The monoisotopic (exact) mass is 263 g/mol. The molecule has 2 heterocycles. The van der Waals surface area contributed by atoms with Crippen molar-refractivity contribution in [3.8, 4) is 0 Å². The maximum atomic E-state index is 11.7. The van der Waals surface area contributed by atoms with E-state index in [1.54, 1.807) is 13.8 Å². The Morgan fingerprint density at radius 1 is 1.16 bits per heavy atom. The first-order valence-corrected chi connectivity index (χ1v) is 5.52. The Morgan fingerprint density at radius 3 is 2.37 bits per heavy atom. The molecule has 0 fully saturated rings. The third-order valence-corrected chi connectivity index (χ3v) is 2.85. The molecule has 0 aromatic carbocycles. The van der Waals surface area contributed by atoms with Crippen molar-refractivity contribution in [2.75, 3.05) is 14.2 Å². The predicted octanol–water partition coefficient (Wildman–Crippen LogP) is 0.919. The fourth-order valence-corrected chi connectivity index (χ4v) is 1.85. The SMILES string of the molecule is COC(=O)c1cnc2c(C(=O)OC)c(C)nn2c1C. The Hall–Kier alpha value is -2.44. The number of carbonyl (C=O) groups excluding carboxylic acids is 2. The van der Waals surface area contributed by atoms with E-state index in [9.17, 15) is 9.59 Å². The van der Waals surface area contributed by atoms with Crippen molar-refractivity contribution in [1.29, 1.82) is 0 Å². The molecule has 100 valence electrons. The zero-order valence-electron chi connectivity index (χ0n) is 11.1. The minimum atomic E-state index is -0.509. The van der Waals surface area contributed by atoms with Gasteiger partial charge in [-0.05, 0) is 13.8 Å². The molecule has 0 aliphatic rings. The van der Waals surface area contributed by atoms with Gasteiger partial charge in [-0.3, -0.25) is 0 Å². The van der Waals surface area contributed by atoms with E-state index in [-0.39, 0.29) is 0 Å². The smallest absolute Gasteiger partial charge is 0.343 e. The molecule has 0 aliphatic heterocycles. The predicted molar refractivity (Wildman–Crippen MR) is 65.1 cm³/mol. The molecule has 0 spiro atoms. The number of hydrogen-bond acceptors (Lipinski definition) is 6. The summed E-state index contributed by atoms with van der Waals surface area (Å²) in [6, 6.07) is 0. The van der Waals surface area contributed by atoms with Crippen LogP contribution in [0.4, 0.5) is 0 Å². The third kappa shape index (κ3) is 1.92. The van der Waals surface area contributed by atoms with E-state index in [2.05, 4.69) is 14.8 Å². The van der Waals surface area contributed by atoms with Crippen molar-refractivity contribution in [1.82, 2.24) is 14.6 Å². The molecule has 0 saturated heterocycles. The van der Waals surface area contributed by atoms with Gasteiger partial charge in [-0.25, -0.2) is 19.1 Å². The number of ether oxygens (including phenoxy) is 2. The summed E-state index contributed by atoms with van der Waals surface area (Å²) in [5.74, 6) is -1.01. The van der Waals surface area contributed by atoms with Crippen molar-refractivity contribution in [2.24, 2.45) is 0 Å². The zero-order chi connectivity index (χ0) is 14.2. The van der Waals surface area contributed by atoms with Crippen LogP contribution in [0.3, 0.4) is 0 Å². The van der Waals surface area contributed by atoms with Gasteiger partial charge in [0.1, 0.15) is 5.56 Å². The highest BCUT2D eigenvalue weighted by atomic mass is 16.5. The summed E-state index contributed by atoms with van der Waals surface area (Å²) in [6.45, 7) is 3.38. The Kier molecular flexibility index (Phi) is 3.20. The van der Waals surface area contributed by atoms with Gasteiger partial charge in [-0.2, -0.15) is 5.10 Å². The zero-order valence-corrected chi connectivity index (χ0v) is 11.1. The molecular formula is C12H13N3O4. The first-order valence-electron chi connectivity index (χ1n) is 5.52. The second-order valence-corrected chi connectivity index (χ2v) is 3.94. The summed E-state index contributed by atoms with van der Waals surface area (Å²) in [4.78, 5) is 27.4. The fourth-order valence-electron chi connectivity index (χ4n) is 1.85. The van der Waals surface area contributed by atoms with E-state index in [4.69, 9.17) is 4.74 Å². The molecule has 0 N–H and O–H groups in total. The number of esters is 2. The molecular weight excluding hydrogens is 250 g/mol. The Morgan fingerprint density at radius 2 is 1.79 bits per heavy atom. The molecule has 0 atom stereocenters. The van der Waals surface area contributed by atoms with E-state index in [0.717, 1.165) is 0 Å². The average Bonchev–Trinajstić information content (AvgIpc) is 2.75. The van der Waals surface area contributed by atoms with Gasteiger partial charge in [0.25, 0.3) is 0 Å². The Labute approximate surface area is 109 Å². The summed E-state index contributed by atoms with van der Waals surface area (Å²) in [5.41, 5.74) is 1.99. The first kappa shape index (κ1) is 13.0. The number of methoxy groups -OCH3 is 2. The Balaban J connectivity index is 2.73. The lowest BCUT2D eigenvalue weighted by Crippen LogP contribution is -2.10. The van der Waals surface area contributed by atoms with E-state index in [1.165, 1.54) is 24.9 Å². The first-order chi connectivity index (χ1) is 9.01.